The number of carboxylic acid groups (broad SMARTS) is 1. The molecule has 0 unspecified atom stereocenters. The monoisotopic (exact) mass is 214 g/mol. The summed E-state index contributed by atoms with van der Waals surface area (Å²) in [6.07, 6.45) is 0.759. The molecule has 0 aliphatic rings. The molecule has 0 amide bonds. The van der Waals surface area contributed by atoms with Crippen molar-refractivity contribution >= 4 is 17.6 Å². The van der Waals surface area contributed by atoms with E-state index in [0.29, 0.717) is 10.8 Å². The SMILES string of the molecule is CCc1cc(Cl)ccc1OCC(=O)O. The van der Waals surface area contributed by atoms with E-state index >= 15 is 0 Å². The number of hydrogen-bond donors (Lipinski definition) is 1. The van der Waals surface area contributed by atoms with E-state index in [-0.39, 0.29) is 6.61 Å². The maximum atomic E-state index is 10.3. The Morgan fingerprint density at radius 2 is 2.29 bits per heavy atom. The lowest BCUT2D eigenvalue weighted by molar-refractivity contribution is -0.139. The zero-order chi connectivity index (χ0) is 10.6. The van der Waals surface area contributed by atoms with E-state index in [0.717, 1.165) is 12.0 Å². The average Bonchev–Trinajstić information content (AvgIpc) is 2.15. The van der Waals surface area contributed by atoms with Crippen molar-refractivity contribution < 1.29 is 14.6 Å². The van der Waals surface area contributed by atoms with Crippen molar-refractivity contribution in [3.05, 3.63) is 28.8 Å². The van der Waals surface area contributed by atoms with Crippen molar-refractivity contribution in [2.24, 2.45) is 0 Å². The minimum absolute atomic E-state index is 0.325. The third kappa shape index (κ3) is 2.92. The molecule has 0 atom stereocenters. The van der Waals surface area contributed by atoms with Gasteiger partial charge in [0.15, 0.2) is 6.61 Å². The first-order valence-corrected chi connectivity index (χ1v) is 4.64. The van der Waals surface area contributed by atoms with E-state index in [1.165, 1.54) is 0 Å². The minimum atomic E-state index is -0.984. The lowest BCUT2D eigenvalue weighted by Gasteiger charge is -2.08. The molecule has 1 aromatic carbocycles. The molecule has 76 valence electrons. The van der Waals surface area contributed by atoms with Crippen LogP contribution in [0.5, 0.6) is 5.75 Å². The molecule has 0 aromatic heterocycles. The number of rotatable bonds is 4. The van der Waals surface area contributed by atoms with Crippen LogP contribution >= 0.6 is 11.6 Å². The molecule has 0 heterocycles. The summed E-state index contributed by atoms with van der Waals surface area (Å²) in [5, 5.41) is 9.07. The van der Waals surface area contributed by atoms with Crippen molar-refractivity contribution in [1.29, 1.82) is 0 Å². The van der Waals surface area contributed by atoms with Crippen LogP contribution < -0.4 is 4.74 Å². The van der Waals surface area contributed by atoms with Crippen LogP contribution in [0.4, 0.5) is 0 Å². The van der Waals surface area contributed by atoms with Gasteiger partial charge in [-0.05, 0) is 30.2 Å². The Labute approximate surface area is 87.3 Å². The molecule has 0 fully saturated rings. The standard InChI is InChI=1S/C10H11ClO3/c1-2-7-5-8(11)3-4-9(7)14-6-10(12)13/h3-5H,2,6H2,1H3,(H,12,13). The first kappa shape index (κ1) is 10.9. The highest BCUT2D eigenvalue weighted by atomic mass is 35.5. The van der Waals surface area contributed by atoms with Gasteiger partial charge >= 0.3 is 5.97 Å². The predicted molar refractivity (Wildman–Crippen MR) is 54.0 cm³/mol. The Morgan fingerprint density at radius 3 is 2.86 bits per heavy atom. The van der Waals surface area contributed by atoms with E-state index in [2.05, 4.69) is 0 Å². The molecule has 1 rings (SSSR count). The van der Waals surface area contributed by atoms with E-state index in [1.54, 1.807) is 18.2 Å². The van der Waals surface area contributed by atoms with Crippen LogP contribution in [0.1, 0.15) is 12.5 Å². The molecule has 0 spiro atoms. The predicted octanol–water partition coefficient (Wildman–Crippen LogP) is 2.37. The van der Waals surface area contributed by atoms with Gasteiger partial charge in [0.05, 0.1) is 0 Å². The maximum absolute atomic E-state index is 10.3. The zero-order valence-corrected chi connectivity index (χ0v) is 8.54. The molecule has 1 N–H and O–H groups in total. The summed E-state index contributed by atoms with van der Waals surface area (Å²) in [5.41, 5.74) is 0.916. The van der Waals surface area contributed by atoms with Crippen LogP contribution in [0, 0.1) is 0 Å². The first-order valence-electron chi connectivity index (χ1n) is 4.26. The molecule has 0 aliphatic heterocycles. The van der Waals surface area contributed by atoms with E-state index in [1.807, 2.05) is 6.92 Å². The van der Waals surface area contributed by atoms with Gasteiger partial charge in [-0.15, -0.1) is 0 Å². The first-order chi connectivity index (χ1) is 6.63. The van der Waals surface area contributed by atoms with Crippen molar-refractivity contribution in [2.75, 3.05) is 6.61 Å². The number of aliphatic carboxylic acids is 1. The molecule has 3 nitrogen and oxygen atoms in total. The van der Waals surface area contributed by atoms with Crippen molar-refractivity contribution in [3.8, 4) is 5.75 Å². The summed E-state index contributed by atoms with van der Waals surface area (Å²) in [7, 11) is 0. The number of carboxylic acids is 1. The topological polar surface area (TPSA) is 46.5 Å². The molecule has 0 radical (unpaired) electrons. The molecule has 14 heavy (non-hydrogen) atoms. The van der Waals surface area contributed by atoms with Crippen molar-refractivity contribution in [1.82, 2.24) is 0 Å². The maximum Gasteiger partial charge on any atom is 0.341 e. The van der Waals surface area contributed by atoms with Crippen LogP contribution in [0.25, 0.3) is 0 Å². The number of hydrogen-bond acceptors (Lipinski definition) is 2. The second kappa shape index (κ2) is 4.86. The van der Waals surface area contributed by atoms with Crippen LogP contribution in [-0.2, 0) is 11.2 Å². The average molecular weight is 215 g/mol. The minimum Gasteiger partial charge on any atom is -0.482 e. The summed E-state index contributed by atoms with van der Waals surface area (Å²) in [6.45, 7) is 1.63. The van der Waals surface area contributed by atoms with Gasteiger partial charge in [-0.3, -0.25) is 0 Å². The van der Waals surface area contributed by atoms with E-state index < -0.39 is 5.97 Å². The van der Waals surface area contributed by atoms with Gasteiger partial charge in [-0.2, -0.15) is 0 Å². The number of ether oxygens (including phenoxy) is 1. The molecule has 4 heteroatoms. The third-order valence-electron chi connectivity index (χ3n) is 1.75. The number of benzene rings is 1. The number of aryl methyl sites for hydroxylation is 1. The summed E-state index contributed by atoms with van der Waals surface area (Å²) in [4.78, 5) is 10.3. The fourth-order valence-corrected chi connectivity index (χ4v) is 1.30. The highest BCUT2D eigenvalue weighted by molar-refractivity contribution is 6.30. The van der Waals surface area contributed by atoms with Gasteiger partial charge in [0.25, 0.3) is 0 Å². The Bertz CT molecular complexity index is 336. The van der Waals surface area contributed by atoms with E-state index in [4.69, 9.17) is 21.4 Å². The summed E-state index contributed by atoms with van der Waals surface area (Å²) in [5.74, 6) is -0.402. The molecular weight excluding hydrogens is 204 g/mol. The van der Waals surface area contributed by atoms with Crippen LogP contribution in [-0.4, -0.2) is 17.7 Å². The van der Waals surface area contributed by atoms with Crippen molar-refractivity contribution in [3.63, 3.8) is 0 Å². The van der Waals surface area contributed by atoms with Gasteiger partial charge in [-0.1, -0.05) is 18.5 Å². The third-order valence-corrected chi connectivity index (χ3v) is 1.99. The van der Waals surface area contributed by atoms with Gasteiger partial charge in [0.1, 0.15) is 5.75 Å². The second-order valence-electron chi connectivity index (χ2n) is 2.79. The van der Waals surface area contributed by atoms with Gasteiger partial charge in [0.2, 0.25) is 0 Å². The van der Waals surface area contributed by atoms with Crippen LogP contribution in [0.2, 0.25) is 5.02 Å². The summed E-state index contributed by atoms with van der Waals surface area (Å²) < 4.78 is 5.09. The quantitative estimate of drug-likeness (QED) is 0.837. The smallest absolute Gasteiger partial charge is 0.341 e. The zero-order valence-electron chi connectivity index (χ0n) is 7.79. The Hall–Kier alpha value is -1.22. The Morgan fingerprint density at radius 1 is 1.57 bits per heavy atom. The lowest BCUT2D eigenvalue weighted by Crippen LogP contribution is -2.10. The number of carbonyl (C=O) groups is 1. The second-order valence-corrected chi connectivity index (χ2v) is 3.22. The van der Waals surface area contributed by atoms with Crippen molar-refractivity contribution in [2.45, 2.75) is 13.3 Å². The Kier molecular flexibility index (Phi) is 3.77. The van der Waals surface area contributed by atoms with Crippen LogP contribution in [0.3, 0.4) is 0 Å². The highest BCUT2D eigenvalue weighted by Crippen LogP contribution is 2.23. The highest BCUT2D eigenvalue weighted by Gasteiger charge is 2.04. The van der Waals surface area contributed by atoms with Crippen LogP contribution in [0.15, 0.2) is 18.2 Å². The van der Waals surface area contributed by atoms with Gasteiger partial charge in [-0.25, -0.2) is 4.79 Å². The van der Waals surface area contributed by atoms with Gasteiger partial charge < -0.3 is 9.84 Å². The molecule has 0 aliphatic carbocycles. The number of halogens is 1. The van der Waals surface area contributed by atoms with E-state index in [9.17, 15) is 4.79 Å². The fourth-order valence-electron chi connectivity index (χ4n) is 1.10. The fraction of sp³-hybridized carbons (Fsp3) is 0.300. The normalized spacial score (nSPS) is 9.86. The largest absolute Gasteiger partial charge is 0.482 e. The molecule has 0 bridgehead atoms. The molecular formula is C10H11ClO3. The Balaban J connectivity index is 2.80. The summed E-state index contributed by atoms with van der Waals surface area (Å²) in [6, 6.07) is 5.14. The van der Waals surface area contributed by atoms with Gasteiger partial charge in [0, 0.05) is 5.02 Å². The lowest BCUT2D eigenvalue weighted by atomic mass is 10.1. The molecule has 0 saturated heterocycles. The summed E-state index contributed by atoms with van der Waals surface area (Å²) >= 11 is 5.79. The molecule has 1 aromatic rings. The molecule has 0 saturated carbocycles.